The maximum Gasteiger partial charge on any atom is 0.153 e. The molecule has 2 aliphatic heterocycles. The van der Waals surface area contributed by atoms with E-state index in [0.717, 1.165) is 70.1 Å². The van der Waals surface area contributed by atoms with Gasteiger partial charge in [-0.05, 0) is 89.0 Å². The second kappa shape index (κ2) is 7.81. The van der Waals surface area contributed by atoms with Gasteiger partial charge in [0.1, 0.15) is 29.5 Å². The topological polar surface area (TPSA) is 118 Å². The number of hydrogen-bond acceptors (Lipinski definition) is 6. The van der Waals surface area contributed by atoms with Gasteiger partial charge in [0.05, 0.1) is 11.7 Å². The summed E-state index contributed by atoms with van der Waals surface area (Å²) in [6, 6.07) is 4.23. The molecular formula is C37H45NO6. The maximum atomic E-state index is 13.0. The van der Waals surface area contributed by atoms with E-state index in [1.807, 2.05) is 6.92 Å². The first kappa shape index (κ1) is 28.0. The van der Waals surface area contributed by atoms with Gasteiger partial charge >= 0.3 is 0 Å². The van der Waals surface area contributed by atoms with Crippen molar-refractivity contribution in [2.45, 2.75) is 125 Å². The minimum atomic E-state index is -1.22. The van der Waals surface area contributed by atoms with Crippen LogP contribution in [0.2, 0.25) is 0 Å². The van der Waals surface area contributed by atoms with Gasteiger partial charge in [-0.15, -0.1) is 0 Å². The van der Waals surface area contributed by atoms with Crippen LogP contribution in [0.5, 0.6) is 0 Å². The highest BCUT2D eigenvalue weighted by atomic mass is 16.7. The van der Waals surface area contributed by atoms with Crippen molar-refractivity contribution in [3.05, 3.63) is 64.4 Å². The van der Waals surface area contributed by atoms with Gasteiger partial charge in [0.25, 0.3) is 0 Å². The van der Waals surface area contributed by atoms with Crippen LogP contribution in [-0.4, -0.2) is 66.6 Å². The Morgan fingerprint density at radius 3 is 2.61 bits per heavy atom. The third kappa shape index (κ3) is 2.70. The number of rotatable bonds is 2. The number of aromatic amines is 1. The highest BCUT2D eigenvalue weighted by Crippen LogP contribution is 2.75. The highest BCUT2D eigenvalue weighted by Gasteiger charge is 2.85. The molecule has 7 aliphatic rings. The maximum absolute atomic E-state index is 13.0. The first-order chi connectivity index (χ1) is 20.6. The van der Waals surface area contributed by atoms with E-state index in [1.165, 1.54) is 5.57 Å². The Labute approximate surface area is 258 Å². The number of ether oxygens (including phenoxy) is 2. The molecule has 5 aliphatic carbocycles. The molecule has 9 rings (SSSR count). The van der Waals surface area contributed by atoms with E-state index in [9.17, 15) is 20.4 Å². The van der Waals surface area contributed by atoms with Crippen LogP contribution in [0, 0.1) is 17.3 Å². The van der Waals surface area contributed by atoms with E-state index >= 15 is 0 Å². The molecule has 11 unspecified atom stereocenters. The average Bonchev–Trinajstić information content (AvgIpc) is 3.51. The summed E-state index contributed by atoms with van der Waals surface area (Å²) in [4.78, 5) is 3.82. The zero-order chi connectivity index (χ0) is 31.1. The normalized spacial score (nSPS) is 48.1. The number of fused-ring (bicyclic) bond motifs is 11. The standard InChI is InChI=1S/C37H45NO6/c1-17(2)29-28(39)31-37(44-31)25(43-29)11-12-33(6)34(7)20(10-13-35(33,37)41)15-21-26-23(38-30(21)34)9-8-19-14-18(3)22-16-24(32(4,5)40)36(22,42)27(19)26/h8-9,15,22,24-25,28-29,31,38-42H,1,3,10-14,16H2,2,4-7H3. The van der Waals surface area contributed by atoms with Crippen molar-refractivity contribution < 1.29 is 29.9 Å². The third-order valence-corrected chi connectivity index (χ3v) is 14.2. The van der Waals surface area contributed by atoms with Gasteiger partial charge in [0, 0.05) is 44.8 Å². The number of H-pyrrole nitrogens is 1. The van der Waals surface area contributed by atoms with Crippen LogP contribution >= 0.6 is 0 Å². The fourth-order valence-corrected chi connectivity index (χ4v) is 11.7. The summed E-state index contributed by atoms with van der Waals surface area (Å²) >= 11 is 0. The predicted molar refractivity (Wildman–Crippen MR) is 167 cm³/mol. The first-order valence-electron chi connectivity index (χ1n) is 16.5. The van der Waals surface area contributed by atoms with Crippen LogP contribution < -0.4 is 0 Å². The van der Waals surface area contributed by atoms with Gasteiger partial charge in [0.2, 0.25) is 0 Å². The molecule has 1 spiro atoms. The molecule has 0 radical (unpaired) electrons. The van der Waals surface area contributed by atoms with Crippen molar-refractivity contribution in [1.82, 2.24) is 4.98 Å². The van der Waals surface area contributed by atoms with E-state index in [0.29, 0.717) is 12.8 Å². The summed E-state index contributed by atoms with van der Waals surface area (Å²) in [5.41, 5.74) is 2.68. The van der Waals surface area contributed by atoms with Gasteiger partial charge in [0.15, 0.2) is 5.60 Å². The van der Waals surface area contributed by atoms with Crippen LogP contribution in [0.1, 0.15) is 89.1 Å². The Morgan fingerprint density at radius 2 is 1.91 bits per heavy atom. The third-order valence-electron chi connectivity index (χ3n) is 14.2. The Morgan fingerprint density at radius 1 is 1.16 bits per heavy atom. The molecule has 3 heterocycles. The molecule has 5 fully saturated rings. The lowest BCUT2D eigenvalue weighted by Gasteiger charge is -2.65. The van der Waals surface area contributed by atoms with Crippen molar-refractivity contribution in [3.63, 3.8) is 0 Å². The second-order valence-electron chi connectivity index (χ2n) is 16.3. The molecule has 1 aromatic heterocycles. The molecule has 3 saturated carbocycles. The van der Waals surface area contributed by atoms with Crippen molar-refractivity contribution in [2.75, 3.05) is 0 Å². The van der Waals surface area contributed by atoms with Gasteiger partial charge in [-0.1, -0.05) is 43.4 Å². The number of nitrogens with one attached hydrogen (secondary N) is 1. The summed E-state index contributed by atoms with van der Waals surface area (Å²) in [5.74, 6) is -0.392. The summed E-state index contributed by atoms with van der Waals surface area (Å²) in [6.07, 6.45) is 4.27. The molecule has 7 heteroatoms. The van der Waals surface area contributed by atoms with Crippen molar-refractivity contribution in [1.29, 1.82) is 0 Å². The van der Waals surface area contributed by atoms with E-state index in [2.05, 4.69) is 50.2 Å². The van der Waals surface area contributed by atoms with Gasteiger partial charge in [-0.3, -0.25) is 0 Å². The van der Waals surface area contributed by atoms with Crippen molar-refractivity contribution >= 4 is 17.0 Å². The Hall–Kier alpha value is -2.26. The van der Waals surface area contributed by atoms with Crippen molar-refractivity contribution in [2.24, 2.45) is 17.3 Å². The van der Waals surface area contributed by atoms with Crippen LogP contribution in [0.4, 0.5) is 0 Å². The number of aliphatic hydroxyl groups is 4. The zero-order valence-corrected chi connectivity index (χ0v) is 26.5. The number of hydrogen-bond donors (Lipinski definition) is 5. The minimum Gasteiger partial charge on any atom is -0.390 e. The summed E-state index contributed by atoms with van der Waals surface area (Å²) in [6.45, 7) is 18.4. The van der Waals surface area contributed by atoms with Crippen LogP contribution in [0.15, 0.2) is 42.0 Å². The van der Waals surface area contributed by atoms with E-state index in [-0.39, 0.29) is 17.9 Å². The van der Waals surface area contributed by atoms with Crippen LogP contribution in [0.25, 0.3) is 17.0 Å². The fourth-order valence-electron chi connectivity index (χ4n) is 11.7. The Kier molecular flexibility index (Phi) is 4.97. The number of aromatic nitrogens is 1. The van der Waals surface area contributed by atoms with Gasteiger partial charge in [-0.25, -0.2) is 0 Å². The lowest BCUT2D eigenvalue weighted by atomic mass is 9.41. The minimum absolute atomic E-state index is 0.0869. The Balaban J connectivity index is 1.22. The molecule has 44 heavy (non-hydrogen) atoms. The fraction of sp³-hybridized carbons (Fsp3) is 0.622. The number of epoxide rings is 1. The average molecular weight is 600 g/mol. The lowest BCUT2D eigenvalue weighted by molar-refractivity contribution is -0.249. The highest BCUT2D eigenvalue weighted by molar-refractivity contribution is 5.98. The first-order valence-corrected chi connectivity index (χ1v) is 16.5. The summed E-state index contributed by atoms with van der Waals surface area (Å²) < 4.78 is 12.9. The number of allylic oxidation sites excluding steroid dienone is 1. The largest absolute Gasteiger partial charge is 0.390 e. The molecule has 2 aromatic rings. The van der Waals surface area contributed by atoms with E-state index < -0.39 is 51.5 Å². The second-order valence-corrected chi connectivity index (χ2v) is 16.3. The number of aliphatic hydroxyl groups excluding tert-OH is 1. The Bertz CT molecular complexity index is 1750. The van der Waals surface area contributed by atoms with E-state index in [1.54, 1.807) is 13.8 Å². The molecular weight excluding hydrogens is 554 g/mol. The molecule has 234 valence electrons. The monoisotopic (exact) mass is 599 g/mol. The summed E-state index contributed by atoms with van der Waals surface area (Å²) in [5, 5.41) is 49.1. The smallest absolute Gasteiger partial charge is 0.153 e. The van der Waals surface area contributed by atoms with Crippen LogP contribution in [-0.2, 0) is 26.9 Å². The quantitative estimate of drug-likeness (QED) is 0.252. The number of benzene rings is 1. The molecule has 11 atom stereocenters. The van der Waals surface area contributed by atoms with Gasteiger partial charge in [-0.2, -0.15) is 0 Å². The molecule has 0 amide bonds. The van der Waals surface area contributed by atoms with Crippen LogP contribution in [0.3, 0.4) is 0 Å². The SMILES string of the molecule is C=C(C)C1OC2CCC3(C)C4(C)C(=Cc5c4[nH]c4ccc6c(c54)C4(O)C(CC4C(C)(C)O)C(=C)C6)CCC3(O)C23OC3C1O. The molecule has 1 aromatic carbocycles. The van der Waals surface area contributed by atoms with Crippen molar-refractivity contribution in [3.8, 4) is 0 Å². The molecule has 0 bridgehead atoms. The molecule has 7 nitrogen and oxygen atoms in total. The summed E-state index contributed by atoms with van der Waals surface area (Å²) in [7, 11) is 0. The zero-order valence-electron chi connectivity index (χ0n) is 26.5. The lowest BCUT2D eigenvalue weighted by Crippen LogP contribution is -2.75. The predicted octanol–water partition coefficient (Wildman–Crippen LogP) is 4.70. The molecule has 2 saturated heterocycles. The van der Waals surface area contributed by atoms with Gasteiger partial charge < -0.3 is 34.9 Å². The van der Waals surface area contributed by atoms with E-state index in [4.69, 9.17) is 9.47 Å². The molecule has 5 N–H and O–H groups in total.